The zero-order valence-electron chi connectivity index (χ0n) is 7.91. The maximum Gasteiger partial charge on any atom is 0.309 e. The molecule has 0 spiro atoms. The van der Waals surface area contributed by atoms with Gasteiger partial charge in [0, 0.05) is 11.5 Å². The van der Waals surface area contributed by atoms with Crippen LogP contribution in [0.5, 0.6) is 0 Å². The number of ether oxygens (including phenoxy) is 1. The van der Waals surface area contributed by atoms with E-state index in [9.17, 15) is 4.79 Å². The average molecular weight is 179 g/mol. The average Bonchev–Trinajstić information content (AvgIpc) is 2.76. The second-order valence-electron chi connectivity index (χ2n) is 3.48. The first-order valence-electron chi connectivity index (χ1n) is 4.38. The molecule has 0 bridgehead atoms. The molecule has 0 aromatic carbocycles. The number of hydrogen-bond donors (Lipinski definition) is 0. The maximum absolute atomic E-state index is 11.2. The van der Waals surface area contributed by atoms with Crippen LogP contribution >= 0.6 is 0 Å². The van der Waals surface area contributed by atoms with E-state index in [4.69, 9.17) is 10.00 Å². The first-order valence-corrected chi connectivity index (χ1v) is 4.38. The first-order chi connectivity index (χ1) is 6.14. The maximum atomic E-state index is 11.2. The molecular formula is C10H13NO2. The van der Waals surface area contributed by atoms with Crippen LogP contribution in [0, 0.1) is 22.7 Å². The Bertz CT molecular complexity index is 277. The molecule has 3 nitrogen and oxygen atoms in total. The van der Waals surface area contributed by atoms with Gasteiger partial charge in [-0.05, 0) is 13.3 Å². The normalized spacial score (nSPS) is 31.3. The number of nitrogens with zero attached hydrogens (tertiary/aromatic N) is 1. The molecule has 1 rings (SSSR count). The van der Waals surface area contributed by atoms with E-state index in [0.29, 0.717) is 6.61 Å². The van der Waals surface area contributed by atoms with Crippen LogP contribution < -0.4 is 0 Å². The monoisotopic (exact) mass is 179 g/mol. The summed E-state index contributed by atoms with van der Waals surface area (Å²) in [5, 5.41) is 8.33. The zero-order chi connectivity index (χ0) is 9.90. The Morgan fingerprint density at radius 1 is 1.85 bits per heavy atom. The van der Waals surface area contributed by atoms with Gasteiger partial charge in [0.05, 0.1) is 18.6 Å². The van der Waals surface area contributed by atoms with Crippen LogP contribution in [0.1, 0.15) is 20.3 Å². The van der Waals surface area contributed by atoms with Crippen molar-refractivity contribution in [3.63, 3.8) is 0 Å². The van der Waals surface area contributed by atoms with Crippen molar-refractivity contribution >= 4 is 5.97 Å². The summed E-state index contributed by atoms with van der Waals surface area (Å²) >= 11 is 0. The lowest BCUT2D eigenvalue weighted by Crippen LogP contribution is -2.10. The van der Waals surface area contributed by atoms with Crippen LogP contribution in [0.15, 0.2) is 12.2 Å². The minimum atomic E-state index is -0.146. The second kappa shape index (κ2) is 3.61. The van der Waals surface area contributed by atoms with Gasteiger partial charge in [-0.3, -0.25) is 4.79 Å². The summed E-state index contributed by atoms with van der Waals surface area (Å²) < 4.78 is 4.89. The Morgan fingerprint density at radius 2 is 2.54 bits per heavy atom. The number of carbonyl (C=O) groups is 1. The van der Waals surface area contributed by atoms with Gasteiger partial charge in [-0.2, -0.15) is 5.26 Å². The number of carbonyl (C=O) groups excluding carboxylic acids is 1. The van der Waals surface area contributed by atoms with Crippen LogP contribution in [0.2, 0.25) is 0 Å². The molecule has 0 aromatic rings. The highest BCUT2D eigenvalue weighted by Crippen LogP contribution is 2.53. The Labute approximate surface area is 78.0 Å². The summed E-state index contributed by atoms with van der Waals surface area (Å²) in [7, 11) is 0. The molecule has 3 heteroatoms. The molecule has 0 N–H and O–H groups in total. The number of esters is 1. The van der Waals surface area contributed by atoms with Crippen LogP contribution in [-0.4, -0.2) is 12.6 Å². The van der Waals surface area contributed by atoms with E-state index in [1.165, 1.54) is 6.08 Å². The minimum absolute atomic E-state index is 0.0444. The van der Waals surface area contributed by atoms with E-state index in [-0.39, 0.29) is 17.3 Å². The lowest BCUT2D eigenvalue weighted by Gasteiger charge is -2.03. The molecule has 0 aliphatic heterocycles. The van der Waals surface area contributed by atoms with Crippen molar-refractivity contribution in [1.82, 2.24) is 0 Å². The number of hydrogen-bond acceptors (Lipinski definition) is 3. The van der Waals surface area contributed by atoms with Gasteiger partial charge in [0.15, 0.2) is 0 Å². The summed E-state index contributed by atoms with van der Waals surface area (Å²) in [6.07, 6.45) is 4.01. The van der Waals surface area contributed by atoms with Crippen molar-refractivity contribution < 1.29 is 9.53 Å². The molecule has 0 heterocycles. The summed E-state index contributed by atoms with van der Waals surface area (Å²) in [6.45, 7) is 4.18. The fourth-order valence-electron chi connectivity index (χ4n) is 1.39. The van der Waals surface area contributed by atoms with E-state index in [1.54, 1.807) is 13.0 Å². The summed E-state index contributed by atoms with van der Waals surface area (Å²) in [5.41, 5.74) is -0.137. The van der Waals surface area contributed by atoms with E-state index in [2.05, 4.69) is 0 Å². The SMILES string of the molecule is CCOC(=O)C1CC1(C)/C=C/C#N. The number of rotatable bonds is 3. The second-order valence-corrected chi connectivity index (χ2v) is 3.48. The molecule has 1 saturated carbocycles. The predicted octanol–water partition coefficient (Wildman–Crippen LogP) is 1.66. The Kier molecular flexibility index (Phi) is 2.72. The van der Waals surface area contributed by atoms with Gasteiger partial charge in [0.2, 0.25) is 0 Å². The highest BCUT2D eigenvalue weighted by atomic mass is 16.5. The molecule has 1 fully saturated rings. The first kappa shape index (κ1) is 9.79. The van der Waals surface area contributed by atoms with Gasteiger partial charge >= 0.3 is 5.97 Å². The standard InChI is InChI=1S/C10H13NO2/c1-3-13-9(12)8-7-10(8,2)5-4-6-11/h4-5,8H,3,7H2,1-2H3/b5-4+. The topological polar surface area (TPSA) is 50.1 Å². The number of allylic oxidation sites excluding steroid dienone is 2. The summed E-state index contributed by atoms with van der Waals surface area (Å²) in [4.78, 5) is 11.2. The molecule has 1 aliphatic rings. The third-order valence-corrected chi connectivity index (χ3v) is 2.39. The van der Waals surface area contributed by atoms with Crippen molar-refractivity contribution in [2.24, 2.45) is 11.3 Å². The van der Waals surface area contributed by atoms with Crippen LogP contribution in [0.25, 0.3) is 0 Å². The van der Waals surface area contributed by atoms with Crippen molar-refractivity contribution in [3.05, 3.63) is 12.2 Å². The molecule has 13 heavy (non-hydrogen) atoms. The van der Waals surface area contributed by atoms with Crippen LogP contribution in [0.3, 0.4) is 0 Å². The van der Waals surface area contributed by atoms with Crippen molar-refractivity contribution in [1.29, 1.82) is 5.26 Å². The lowest BCUT2D eigenvalue weighted by molar-refractivity contribution is -0.145. The molecule has 0 amide bonds. The third kappa shape index (κ3) is 2.09. The van der Waals surface area contributed by atoms with Gasteiger partial charge in [-0.15, -0.1) is 0 Å². The predicted molar refractivity (Wildman–Crippen MR) is 47.6 cm³/mol. The molecule has 2 unspecified atom stereocenters. The molecule has 0 saturated heterocycles. The quantitative estimate of drug-likeness (QED) is 0.489. The van der Waals surface area contributed by atoms with E-state index >= 15 is 0 Å². The van der Waals surface area contributed by atoms with Gasteiger partial charge in [-0.25, -0.2) is 0 Å². The highest BCUT2D eigenvalue weighted by Gasteiger charge is 2.53. The van der Waals surface area contributed by atoms with Gasteiger partial charge in [-0.1, -0.05) is 13.0 Å². The smallest absolute Gasteiger partial charge is 0.309 e. The van der Waals surface area contributed by atoms with E-state index in [0.717, 1.165) is 6.42 Å². The zero-order valence-corrected chi connectivity index (χ0v) is 7.91. The number of nitriles is 1. The fraction of sp³-hybridized carbons (Fsp3) is 0.600. The molecule has 1 aliphatic carbocycles. The summed E-state index contributed by atoms with van der Waals surface area (Å²) in [5.74, 6) is -0.190. The fourth-order valence-corrected chi connectivity index (χ4v) is 1.39. The van der Waals surface area contributed by atoms with E-state index in [1.807, 2.05) is 13.0 Å². The van der Waals surface area contributed by atoms with Crippen LogP contribution in [0.4, 0.5) is 0 Å². The van der Waals surface area contributed by atoms with Crippen molar-refractivity contribution in [2.45, 2.75) is 20.3 Å². The van der Waals surface area contributed by atoms with Gasteiger partial charge < -0.3 is 4.74 Å². The lowest BCUT2D eigenvalue weighted by atomic mass is 10.1. The highest BCUT2D eigenvalue weighted by molar-refractivity contribution is 5.77. The van der Waals surface area contributed by atoms with E-state index < -0.39 is 0 Å². The Morgan fingerprint density at radius 3 is 3.08 bits per heavy atom. The molecule has 70 valence electrons. The van der Waals surface area contributed by atoms with Gasteiger partial charge in [0.25, 0.3) is 0 Å². The molecule has 0 radical (unpaired) electrons. The Hall–Kier alpha value is -1.30. The minimum Gasteiger partial charge on any atom is -0.466 e. The molecule has 0 aromatic heterocycles. The van der Waals surface area contributed by atoms with Crippen LogP contribution in [-0.2, 0) is 9.53 Å². The largest absolute Gasteiger partial charge is 0.466 e. The van der Waals surface area contributed by atoms with Crippen molar-refractivity contribution in [3.8, 4) is 6.07 Å². The summed E-state index contributed by atoms with van der Waals surface area (Å²) in [6, 6.07) is 1.92. The van der Waals surface area contributed by atoms with Gasteiger partial charge in [0.1, 0.15) is 0 Å². The molecule has 2 atom stereocenters. The molecular weight excluding hydrogens is 166 g/mol. The third-order valence-electron chi connectivity index (χ3n) is 2.39. The van der Waals surface area contributed by atoms with Crippen molar-refractivity contribution in [2.75, 3.05) is 6.61 Å². The Balaban J connectivity index is 2.49.